The van der Waals surface area contributed by atoms with Crippen LogP contribution in [0, 0.1) is 0 Å². The van der Waals surface area contributed by atoms with Gasteiger partial charge < -0.3 is 4.98 Å². The van der Waals surface area contributed by atoms with Gasteiger partial charge in [-0.25, -0.2) is 0 Å². The number of H-pyrrole nitrogens is 1. The van der Waals surface area contributed by atoms with Gasteiger partial charge in [-0.05, 0) is 61.1 Å². The second-order valence-electron chi connectivity index (χ2n) is 7.51. The highest BCUT2D eigenvalue weighted by atomic mass is 14.7. The number of rotatable bonds is 10. The zero-order valence-electron chi connectivity index (χ0n) is 16.0. The molecule has 0 saturated heterocycles. The normalized spacial score (nSPS) is 11.6. The van der Waals surface area contributed by atoms with Crippen LogP contribution in [0.15, 0.2) is 36.4 Å². The van der Waals surface area contributed by atoms with Crippen molar-refractivity contribution in [3.63, 3.8) is 0 Å². The molecule has 3 aromatic rings. The number of hydrogen-bond acceptors (Lipinski definition) is 0. The fourth-order valence-corrected chi connectivity index (χ4v) is 3.81. The molecule has 3 rings (SSSR count). The molecular weight excluding hydrogens is 302 g/mol. The van der Waals surface area contributed by atoms with Crippen LogP contribution < -0.4 is 0 Å². The molecule has 0 atom stereocenters. The van der Waals surface area contributed by atoms with E-state index in [0.29, 0.717) is 0 Å². The second-order valence-corrected chi connectivity index (χ2v) is 7.51. The molecule has 1 N–H and O–H groups in total. The molecule has 1 heterocycles. The average Bonchev–Trinajstić information content (AvgIpc) is 3.00. The highest BCUT2D eigenvalue weighted by Gasteiger charge is 2.06. The summed E-state index contributed by atoms with van der Waals surface area (Å²) in [6, 6.07) is 14.0. The Morgan fingerprint density at radius 3 is 1.52 bits per heavy atom. The summed E-state index contributed by atoms with van der Waals surface area (Å²) in [5.74, 6) is 0. The molecule has 0 spiro atoms. The lowest BCUT2D eigenvalue weighted by atomic mass is 10.0. The number of aryl methyl sites for hydroxylation is 2. The van der Waals surface area contributed by atoms with Crippen molar-refractivity contribution in [2.24, 2.45) is 0 Å². The fourth-order valence-electron chi connectivity index (χ4n) is 3.81. The Hall–Kier alpha value is -1.76. The molecule has 0 radical (unpaired) electrons. The highest BCUT2D eigenvalue weighted by Crippen LogP contribution is 2.28. The minimum atomic E-state index is 1.21. The SMILES string of the molecule is CCCCCCc1ccc2[nH]c3ccc(CCCCCC)cc3c2c1. The lowest BCUT2D eigenvalue weighted by molar-refractivity contribution is 0.667. The van der Waals surface area contributed by atoms with Crippen LogP contribution in [0.25, 0.3) is 21.8 Å². The number of unbranched alkanes of at least 4 members (excludes halogenated alkanes) is 6. The zero-order valence-corrected chi connectivity index (χ0v) is 16.0. The van der Waals surface area contributed by atoms with Crippen molar-refractivity contribution in [3.8, 4) is 0 Å². The van der Waals surface area contributed by atoms with Crippen molar-refractivity contribution in [1.29, 1.82) is 0 Å². The molecule has 0 amide bonds. The fraction of sp³-hybridized carbons (Fsp3) is 0.500. The van der Waals surface area contributed by atoms with Gasteiger partial charge in [0.15, 0.2) is 0 Å². The van der Waals surface area contributed by atoms with E-state index in [0.717, 1.165) is 0 Å². The Balaban J connectivity index is 1.77. The lowest BCUT2D eigenvalue weighted by Gasteiger charge is -2.03. The molecular formula is C24H33N. The summed E-state index contributed by atoms with van der Waals surface area (Å²) >= 11 is 0. The minimum Gasteiger partial charge on any atom is -0.355 e. The smallest absolute Gasteiger partial charge is 0.0465 e. The quantitative estimate of drug-likeness (QED) is 0.368. The molecule has 0 unspecified atom stereocenters. The van der Waals surface area contributed by atoms with Crippen LogP contribution in [-0.2, 0) is 12.8 Å². The Bertz CT molecular complexity index is 730. The van der Waals surface area contributed by atoms with Gasteiger partial charge >= 0.3 is 0 Å². The maximum Gasteiger partial charge on any atom is 0.0465 e. The van der Waals surface area contributed by atoms with Crippen molar-refractivity contribution in [2.75, 3.05) is 0 Å². The Labute approximate surface area is 152 Å². The van der Waals surface area contributed by atoms with Crippen LogP contribution in [0.4, 0.5) is 0 Å². The van der Waals surface area contributed by atoms with Crippen LogP contribution in [-0.4, -0.2) is 4.98 Å². The Morgan fingerprint density at radius 1 is 0.600 bits per heavy atom. The molecule has 2 aromatic carbocycles. The van der Waals surface area contributed by atoms with E-state index >= 15 is 0 Å². The number of nitrogens with one attached hydrogen (secondary N) is 1. The largest absolute Gasteiger partial charge is 0.355 e. The number of fused-ring (bicyclic) bond motifs is 3. The third kappa shape index (κ3) is 4.66. The predicted molar refractivity (Wildman–Crippen MR) is 111 cm³/mol. The highest BCUT2D eigenvalue weighted by molar-refractivity contribution is 6.07. The second kappa shape index (κ2) is 9.08. The summed E-state index contributed by atoms with van der Waals surface area (Å²) in [5.41, 5.74) is 5.52. The van der Waals surface area contributed by atoms with E-state index in [9.17, 15) is 0 Å². The van der Waals surface area contributed by atoms with Crippen molar-refractivity contribution in [1.82, 2.24) is 4.98 Å². The number of benzene rings is 2. The molecule has 1 aromatic heterocycles. The molecule has 0 fully saturated rings. The van der Waals surface area contributed by atoms with E-state index in [1.165, 1.54) is 97.1 Å². The van der Waals surface area contributed by atoms with Gasteiger partial charge in [0.1, 0.15) is 0 Å². The number of aromatic amines is 1. The molecule has 1 nitrogen and oxygen atoms in total. The summed E-state index contributed by atoms with van der Waals surface area (Å²) in [6.45, 7) is 4.55. The zero-order chi connectivity index (χ0) is 17.5. The topological polar surface area (TPSA) is 15.8 Å². The minimum absolute atomic E-state index is 1.21. The Morgan fingerprint density at radius 2 is 1.08 bits per heavy atom. The van der Waals surface area contributed by atoms with Crippen molar-refractivity contribution >= 4 is 21.8 Å². The summed E-state index contributed by atoms with van der Waals surface area (Å²) in [6.07, 6.45) is 13.1. The van der Waals surface area contributed by atoms with Gasteiger partial charge in [-0.15, -0.1) is 0 Å². The predicted octanol–water partition coefficient (Wildman–Crippen LogP) is 7.57. The molecule has 134 valence electrons. The van der Waals surface area contributed by atoms with Gasteiger partial charge in [0.05, 0.1) is 0 Å². The number of aromatic nitrogens is 1. The van der Waals surface area contributed by atoms with Crippen LogP contribution in [0.3, 0.4) is 0 Å². The molecule has 0 aliphatic heterocycles. The molecule has 0 aliphatic carbocycles. The molecule has 0 aliphatic rings. The summed E-state index contributed by atoms with van der Waals surface area (Å²) < 4.78 is 0. The maximum atomic E-state index is 3.59. The first-order chi connectivity index (χ1) is 12.3. The number of hydrogen-bond donors (Lipinski definition) is 1. The standard InChI is InChI=1S/C24H33N/c1-3-5-7-9-11-19-13-15-23-21(17-19)22-18-20(12-10-8-6-4-2)14-16-24(22)25-23/h13-18,25H,3-12H2,1-2H3. The molecule has 25 heavy (non-hydrogen) atoms. The van der Waals surface area contributed by atoms with Crippen LogP contribution in [0.1, 0.15) is 76.3 Å². The van der Waals surface area contributed by atoms with E-state index in [2.05, 4.69) is 55.2 Å². The third-order valence-electron chi connectivity index (χ3n) is 5.37. The first-order valence-electron chi connectivity index (χ1n) is 10.3. The van der Waals surface area contributed by atoms with Crippen LogP contribution in [0.2, 0.25) is 0 Å². The monoisotopic (exact) mass is 335 g/mol. The van der Waals surface area contributed by atoms with Gasteiger partial charge in [-0.2, -0.15) is 0 Å². The van der Waals surface area contributed by atoms with E-state index in [1.807, 2.05) is 0 Å². The lowest BCUT2D eigenvalue weighted by Crippen LogP contribution is -1.86. The first kappa shape index (κ1) is 18.0. The molecule has 1 heteroatoms. The van der Waals surface area contributed by atoms with Crippen molar-refractivity contribution in [3.05, 3.63) is 47.5 Å². The van der Waals surface area contributed by atoms with E-state index in [1.54, 1.807) is 0 Å². The van der Waals surface area contributed by atoms with Crippen molar-refractivity contribution < 1.29 is 0 Å². The Kier molecular flexibility index (Phi) is 6.55. The van der Waals surface area contributed by atoms with E-state index in [-0.39, 0.29) is 0 Å². The average molecular weight is 336 g/mol. The van der Waals surface area contributed by atoms with Gasteiger partial charge in [-0.1, -0.05) is 64.5 Å². The maximum absolute atomic E-state index is 3.59. The summed E-state index contributed by atoms with van der Waals surface area (Å²) in [5, 5.41) is 2.80. The summed E-state index contributed by atoms with van der Waals surface area (Å²) in [7, 11) is 0. The summed E-state index contributed by atoms with van der Waals surface area (Å²) in [4.78, 5) is 3.59. The van der Waals surface area contributed by atoms with Gasteiger partial charge in [0.2, 0.25) is 0 Å². The van der Waals surface area contributed by atoms with Crippen LogP contribution in [0.5, 0.6) is 0 Å². The first-order valence-corrected chi connectivity index (χ1v) is 10.3. The van der Waals surface area contributed by atoms with Gasteiger partial charge in [0, 0.05) is 21.8 Å². The molecule has 0 saturated carbocycles. The van der Waals surface area contributed by atoms with Gasteiger partial charge in [0.25, 0.3) is 0 Å². The van der Waals surface area contributed by atoms with E-state index in [4.69, 9.17) is 0 Å². The third-order valence-corrected chi connectivity index (χ3v) is 5.37. The van der Waals surface area contributed by atoms with Crippen molar-refractivity contribution in [2.45, 2.75) is 78.1 Å². The van der Waals surface area contributed by atoms with E-state index < -0.39 is 0 Å². The molecule has 0 bridgehead atoms. The van der Waals surface area contributed by atoms with Gasteiger partial charge in [-0.3, -0.25) is 0 Å². The van der Waals surface area contributed by atoms with Crippen LogP contribution >= 0.6 is 0 Å².